The van der Waals surface area contributed by atoms with E-state index in [4.69, 9.17) is 5.14 Å². The molecule has 0 saturated heterocycles. The maximum absolute atomic E-state index is 13.3. The number of hydrogen-bond donors (Lipinski definition) is 1. The van der Waals surface area contributed by atoms with Crippen molar-refractivity contribution in [1.82, 2.24) is 4.90 Å². The average Bonchev–Trinajstić information content (AvgIpc) is 2.36. The van der Waals surface area contributed by atoms with Gasteiger partial charge < -0.3 is 4.90 Å². The molecule has 0 aliphatic heterocycles. The fraction of sp³-hybridized carbons (Fsp3) is 0.154. The highest BCUT2D eigenvalue weighted by Crippen LogP contribution is 2.18. The van der Waals surface area contributed by atoms with Gasteiger partial charge in [0, 0.05) is 13.1 Å². The summed E-state index contributed by atoms with van der Waals surface area (Å²) in [5.74, 6) is -1.38. The van der Waals surface area contributed by atoms with Crippen LogP contribution in [-0.4, -0.2) is 32.3 Å². The molecule has 1 aromatic carbocycles. The third-order valence-corrected chi connectivity index (χ3v) is 3.43. The van der Waals surface area contributed by atoms with Crippen molar-refractivity contribution in [3.05, 3.63) is 54.9 Å². The Labute approximate surface area is 117 Å². The molecule has 0 unspecified atom stereocenters. The summed E-state index contributed by atoms with van der Waals surface area (Å²) in [4.78, 5) is 13.1. The van der Waals surface area contributed by atoms with Gasteiger partial charge in [-0.3, -0.25) is 4.79 Å². The van der Waals surface area contributed by atoms with Gasteiger partial charge in [-0.15, -0.1) is 13.2 Å². The second-order valence-electron chi connectivity index (χ2n) is 3.97. The van der Waals surface area contributed by atoms with Crippen LogP contribution in [-0.2, 0) is 10.0 Å². The maximum atomic E-state index is 13.3. The van der Waals surface area contributed by atoms with Crippen molar-refractivity contribution in [2.75, 3.05) is 13.1 Å². The van der Waals surface area contributed by atoms with Crippen molar-refractivity contribution in [3.63, 3.8) is 0 Å². The first kappa shape index (κ1) is 16.1. The highest BCUT2D eigenvalue weighted by atomic mass is 32.2. The van der Waals surface area contributed by atoms with E-state index in [1.165, 1.54) is 17.1 Å². The predicted octanol–water partition coefficient (Wildman–Crippen LogP) is 1.29. The smallest absolute Gasteiger partial charge is 0.255 e. The maximum Gasteiger partial charge on any atom is 0.255 e. The molecule has 20 heavy (non-hydrogen) atoms. The molecule has 0 aliphatic rings. The molecule has 0 aliphatic carbocycles. The number of carbonyl (C=O) groups is 1. The first-order valence-electron chi connectivity index (χ1n) is 5.64. The van der Waals surface area contributed by atoms with E-state index in [9.17, 15) is 17.6 Å². The molecule has 1 aromatic rings. The number of primary sulfonamides is 1. The molecule has 7 heteroatoms. The minimum absolute atomic E-state index is 0.172. The fourth-order valence-corrected chi connectivity index (χ4v) is 2.35. The van der Waals surface area contributed by atoms with Crippen molar-refractivity contribution in [2.45, 2.75) is 4.90 Å². The van der Waals surface area contributed by atoms with Crippen LogP contribution in [0.4, 0.5) is 4.39 Å². The molecule has 2 N–H and O–H groups in total. The molecule has 108 valence electrons. The highest BCUT2D eigenvalue weighted by molar-refractivity contribution is 7.89. The summed E-state index contributed by atoms with van der Waals surface area (Å²) in [5.41, 5.74) is -0.309. The number of rotatable bonds is 6. The van der Waals surface area contributed by atoms with E-state index >= 15 is 0 Å². The first-order valence-corrected chi connectivity index (χ1v) is 7.19. The Hall–Kier alpha value is -1.99. The van der Waals surface area contributed by atoms with Gasteiger partial charge in [-0.05, 0) is 18.2 Å². The van der Waals surface area contributed by atoms with Crippen molar-refractivity contribution < 1.29 is 17.6 Å². The summed E-state index contributed by atoms with van der Waals surface area (Å²) in [6.45, 7) is 7.35. The van der Waals surface area contributed by atoms with Crippen LogP contribution in [0.25, 0.3) is 0 Å². The van der Waals surface area contributed by atoms with Crippen LogP contribution in [0.15, 0.2) is 48.4 Å². The van der Waals surface area contributed by atoms with Crippen molar-refractivity contribution in [3.8, 4) is 0 Å². The Kier molecular flexibility index (Phi) is 5.18. The molecule has 1 rings (SSSR count). The summed E-state index contributed by atoms with van der Waals surface area (Å²) < 4.78 is 36.2. The third-order valence-electron chi connectivity index (χ3n) is 2.46. The molecule has 0 heterocycles. The largest absolute Gasteiger partial charge is 0.331 e. The Morgan fingerprint density at radius 3 is 2.30 bits per heavy atom. The van der Waals surface area contributed by atoms with E-state index in [-0.39, 0.29) is 18.7 Å². The van der Waals surface area contributed by atoms with Gasteiger partial charge in [0.05, 0.1) is 10.5 Å². The average molecular weight is 298 g/mol. The molecule has 0 fully saturated rings. The van der Waals surface area contributed by atoms with Crippen molar-refractivity contribution in [2.24, 2.45) is 5.14 Å². The summed E-state index contributed by atoms with van der Waals surface area (Å²) in [6.07, 6.45) is 2.94. The normalized spacial score (nSPS) is 10.9. The third kappa shape index (κ3) is 3.75. The standard InChI is InChI=1S/C13H15FN2O3S/c1-3-7-16(8-4-2)13(17)11-9-10(14)5-6-12(11)20(15,18)19/h3-6,9H,1-2,7-8H2,(H2,15,18,19). The Morgan fingerprint density at radius 2 is 1.85 bits per heavy atom. The molecular weight excluding hydrogens is 283 g/mol. The number of sulfonamides is 1. The van der Waals surface area contributed by atoms with Crippen LogP contribution >= 0.6 is 0 Å². The number of hydrogen-bond acceptors (Lipinski definition) is 3. The minimum Gasteiger partial charge on any atom is -0.331 e. The van der Waals surface area contributed by atoms with Gasteiger partial charge in [0.15, 0.2) is 0 Å². The molecule has 1 amide bonds. The van der Waals surface area contributed by atoms with Crippen LogP contribution in [0.5, 0.6) is 0 Å². The van der Waals surface area contributed by atoms with Crippen LogP contribution in [0.3, 0.4) is 0 Å². The predicted molar refractivity (Wildman–Crippen MR) is 74.1 cm³/mol. The van der Waals surface area contributed by atoms with Crippen LogP contribution in [0.2, 0.25) is 0 Å². The molecule has 0 atom stereocenters. The lowest BCUT2D eigenvalue weighted by Gasteiger charge is -2.20. The summed E-state index contributed by atoms with van der Waals surface area (Å²) in [7, 11) is -4.12. The summed E-state index contributed by atoms with van der Waals surface area (Å²) in [6, 6.07) is 2.75. The second-order valence-corrected chi connectivity index (χ2v) is 5.50. The van der Waals surface area contributed by atoms with Crippen LogP contribution in [0.1, 0.15) is 10.4 Å². The van der Waals surface area contributed by atoms with Gasteiger partial charge in [-0.1, -0.05) is 12.2 Å². The molecule has 0 radical (unpaired) electrons. The van der Waals surface area contributed by atoms with Crippen molar-refractivity contribution >= 4 is 15.9 Å². The quantitative estimate of drug-likeness (QED) is 0.803. The van der Waals surface area contributed by atoms with E-state index in [0.29, 0.717) is 0 Å². The van der Waals surface area contributed by atoms with E-state index in [1.54, 1.807) is 0 Å². The Morgan fingerprint density at radius 1 is 1.30 bits per heavy atom. The lowest BCUT2D eigenvalue weighted by molar-refractivity contribution is 0.0786. The number of benzene rings is 1. The van der Waals surface area contributed by atoms with Crippen molar-refractivity contribution in [1.29, 1.82) is 0 Å². The van der Waals surface area contributed by atoms with E-state index in [2.05, 4.69) is 13.2 Å². The van der Waals surface area contributed by atoms with Gasteiger partial charge in [0.25, 0.3) is 5.91 Å². The Bertz CT molecular complexity index is 631. The number of carbonyl (C=O) groups excluding carboxylic acids is 1. The Balaban J connectivity index is 3.36. The van der Waals surface area contributed by atoms with Gasteiger partial charge in [-0.2, -0.15) is 0 Å². The zero-order valence-electron chi connectivity index (χ0n) is 10.8. The van der Waals surface area contributed by atoms with E-state index in [0.717, 1.165) is 18.2 Å². The second kappa shape index (κ2) is 6.44. The zero-order valence-corrected chi connectivity index (χ0v) is 11.6. The van der Waals surface area contributed by atoms with Crippen LogP contribution in [0, 0.1) is 5.82 Å². The number of nitrogens with two attached hydrogens (primary N) is 1. The molecule has 0 saturated carbocycles. The van der Waals surface area contributed by atoms with Crippen LogP contribution < -0.4 is 5.14 Å². The van der Waals surface area contributed by atoms with E-state index < -0.39 is 26.6 Å². The fourth-order valence-electron chi connectivity index (χ4n) is 1.64. The number of halogens is 1. The first-order chi connectivity index (χ1) is 9.31. The molecular formula is C13H15FN2O3S. The summed E-state index contributed by atoms with van der Waals surface area (Å²) >= 11 is 0. The minimum atomic E-state index is -4.12. The van der Waals surface area contributed by atoms with E-state index in [1.807, 2.05) is 0 Å². The zero-order chi connectivity index (χ0) is 15.3. The lowest BCUT2D eigenvalue weighted by atomic mass is 10.2. The summed E-state index contributed by atoms with van der Waals surface area (Å²) in [5, 5.41) is 5.03. The molecule has 0 aromatic heterocycles. The number of amides is 1. The molecule has 0 spiro atoms. The topological polar surface area (TPSA) is 80.5 Å². The van der Waals surface area contributed by atoms with Gasteiger partial charge in [0.2, 0.25) is 10.0 Å². The van der Waals surface area contributed by atoms with Gasteiger partial charge in [-0.25, -0.2) is 17.9 Å². The lowest BCUT2D eigenvalue weighted by Crippen LogP contribution is -2.33. The monoisotopic (exact) mass is 298 g/mol. The SMILES string of the molecule is C=CCN(CC=C)C(=O)c1cc(F)ccc1S(N)(=O)=O. The van der Waals surface area contributed by atoms with Gasteiger partial charge >= 0.3 is 0 Å². The molecule has 5 nitrogen and oxygen atoms in total. The highest BCUT2D eigenvalue weighted by Gasteiger charge is 2.23. The van der Waals surface area contributed by atoms with Gasteiger partial charge in [0.1, 0.15) is 5.82 Å². The number of nitrogens with zero attached hydrogens (tertiary/aromatic N) is 1. The molecule has 0 bridgehead atoms.